The molecule has 0 N–H and O–H groups in total. The second-order valence-corrected chi connectivity index (χ2v) is 4.50. The fourth-order valence-corrected chi connectivity index (χ4v) is 1.85. The summed E-state index contributed by atoms with van der Waals surface area (Å²) in [4.78, 5) is 0. The number of ether oxygens (including phenoxy) is 3. The third kappa shape index (κ3) is 2.63. The molecule has 0 fully saturated rings. The van der Waals surface area contributed by atoms with Gasteiger partial charge in [-0.15, -0.1) is 10.2 Å². The van der Waals surface area contributed by atoms with Gasteiger partial charge in [-0.3, -0.25) is 0 Å². The first-order chi connectivity index (χ1) is 9.58. The van der Waals surface area contributed by atoms with Crippen molar-refractivity contribution in [3.63, 3.8) is 0 Å². The molecule has 6 heteroatoms. The van der Waals surface area contributed by atoms with E-state index in [-0.39, 0.29) is 0 Å². The van der Waals surface area contributed by atoms with Crippen LogP contribution in [0.25, 0.3) is 0 Å². The Kier molecular flexibility index (Phi) is 4.29. The van der Waals surface area contributed by atoms with Gasteiger partial charge in [0.2, 0.25) is 11.6 Å². The van der Waals surface area contributed by atoms with Crippen LogP contribution in [0.3, 0.4) is 0 Å². The molecule has 20 heavy (non-hydrogen) atoms. The number of para-hydroxylation sites is 1. The molecule has 0 aliphatic carbocycles. The predicted octanol–water partition coefficient (Wildman–Crippen LogP) is 3.56. The van der Waals surface area contributed by atoms with Gasteiger partial charge in [-0.25, -0.2) is 0 Å². The summed E-state index contributed by atoms with van der Waals surface area (Å²) in [5, 5.41) is 8.19. The first-order valence-corrected chi connectivity index (χ1v) is 6.34. The van der Waals surface area contributed by atoms with Crippen LogP contribution in [0, 0.1) is 13.8 Å². The molecule has 0 amide bonds. The van der Waals surface area contributed by atoms with Crippen LogP contribution in [0.4, 0.5) is 0 Å². The molecule has 1 aromatic carbocycles. The van der Waals surface area contributed by atoms with Gasteiger partial charge in [0.05, 0.1) is 14.2 Å². The zero-order valence-electron chi connectivity index (χ0n) is 11.7. The van der Waals surface area contributed by atoms with Crippen molar-refractivity contribution >= 4 is 11.6 Å². The molecule has 2 aromatic rings. The van der Waals surface area contributed by atoms with Crippen LogP contribution in [0.1, 0.15) is 11.1 Å². The number of benzene rings is 1. The number of rotatable bonds is 4. The lowest BCUT2D eigenvalue weighted by Gasteiger charge is -2.14. The Morgan fingerprint density at radius 2 is 1.55 bits per heavy atom. The second-order valence-electron chi connectivity index (χ2n) is 4.14. The molecule has 1 aromatic heterocycles. The van der Waals surface area contributed by atoms with Gasteiger partial charge in [0.25, 0.3) is 0 Å². The molecule has 2 rings (SSSR count). The van der Waals surface area contributed by atoms with E-state index in [9.17, 15) is 0 Å². The summed E-state index contributed by atoms with van der Waals surface area (Å²) in [6.07, 6.45) is 0. The molecule has 106 valence electrons. The van der Waals surface area contributed by atoms with Gasteiger partial charge >= 0.3 is 0 Å². The van der Waals surface area contributed by atoms with Crippen LogP contribution in [-0.2, 0) is 0 Å². The molecule has 0 saturated carbocycles. The summed E-state index contributed by atoms with van der Waals surface area (Å²) in [6.45, 7) is 3.73. The number of hydrogen-bond acceptors (Lipinski definition) is 5. The minimum absolute atomic E-state index is 0.363. The molecule has 0 unspecified atom stereocenters. The van der Waals surface area contributed by atoms with Crippen molar-refractivity contribution in [2.45, 2.75) is 13.8 Å². The third-order valence-electron chi connectivity index (χ3n) is 3.00. The van der Waals surface area contributed by atoms with E-state index in [0.29, 0.717) is 28.3 Å². The van der Waals surface area contributed by atoms with Gasteiger partial charge < -0.3 is 14.2 Å². The average molecular weight is 295 g/mol. The van der Waals surface area contributed by atoms with Gasteiger partial charge in [-0.1, -0.05) is 17.7 Å². The van der Waals surface area contributed by atoms with E-state index < -0.39 is 0 Å². The minimum atomic E-state index is 0.363. The second kappa shape index (κ2) is 5.96. The number of nitrogens with zero attached hydrogens (tertiary/aromatic N) is 2. The maximum atomic E-state index is 5.93. The van der Waals surface area contributed by atoms with Crippen molar-refractivity contribution in [3.05, 3.63) is 34.5 Å². The molecule has 5 nitrogen and oxygen atoms in total. The van der Waals surface area contributed by atoms with Crippen LogP contribution in [0.5, 0.6) is 23.1 Å². The number of aromatic nitrogens is 2. The zero-order valence-corrected chi connectivity index (χ0v) is 12.5. The van der Waals surface area contributed by atoms with Crippen molar-refractivity contribution in [1.82, 2.24) is 10.2 Å². The van der Waals surface area contributed by atoms with Crippen LogP contribution in [0.2, 0.25) is 5.15 Å². The minimum Gasteiger partial charge on any atom is -0.493 e. The SMILES string of the molecule is COc1cccc(OC)c1Oc1nnc(Cl)c(C)c1C. The summed E-state index contributed by atoms with van der Waals surface area (Å²) in [6, 6.07) is 5.38. The molecule has 0 radical (unpaired) electrons. The van der Waals surface area contributed by atoms with E-state index >= 15 is 0 Å². The highest BCUT2D eigenvalue weighted by atomic mass is 35.5. The van der Waals surface area contributed by atoms with Crippen LogP contribution >= 0.6 is 11.6 Å². The molecular weight excluding hydrogens is 280 g/mol. The first-order valence-electron chi connectivity index (χ1n) is 5.96. The normalized spacial score (nSPS) is 10.2. The van der Waals surface area contributed by atoms with Crippen LogP contribution in [0.15, 0.2) is 18.2 Å². The largest absolute Gasteiger partial charge is 0.493 e. The van der Waals surface area contributed by atoms with E-state index in [1.54, 1.807) is 26.4 Å². The lowest BCUT2D eigenvalue weighted by atomic mass is 10.2. The Bertz CT molecular complexity index is 610. The van der Waals surface area contributed by atoms with Crippen molar-refractivity contribution in [2.24, 2.45) is 0 Å². The zero-order chi connectivity index (χ0) is 14.7. The van der Waals surface area contributed by atoms with E-state index in [0.717, 1.165) is 11.1 Å². The van der Waals surface area contributed by atoms with E-state index in [1.807, 2.05) is 19.9 Å². The third-order valence-corrected chi connectivity index (χ3v) is 3.36. The molecule has 1 heterocycles. The van der Waals surface area contributed by atoms with E-state index in [2.05, 4.69) is 10.2 Å². The summed E-state index contributed by atoms with van der Waals surface area (Å²) >= 11 is 5.93. The lowest BCUT2D eigenvalue weighted by Crippen LogP contribution is -2.00. The highest BCUT2D eigenvalue weighted by Crippen LogP contribution is 2.40. The predicted molar refractivity (Wildman–Crippen MR) is 76.1 cm³/mol. The van der Waals surface area contributed by atoms with Crippen molar-refractivity contribution in [1.29, 1.82) is 0 Å². The quantitative estimate of drug-likeness (QED) is 0.863. The molecule has 0 atom stereocenters. The molecular formula is C14H15ClN2O3. The fourth-order valence-electron chi connectivity index (χ4n) is 1.67. The number of hydrogen-bond donors (Lipinski definition) is 0. The van der Waals surface area contributed by atoms with Crippen molar-refractivity contribution in [3.8, 4) is 23.1 Å². The summed E-state index contributed by atoms with van der Waals surface area (Å²) in [5.41, 5.74) is 1.64. The highest BCUT2D eigenvalue weighted by molar-refractivity contribution is 6.30. The molecule has 0 bridgehead atoms. The van der Waals surface area contributed by atoms with Gasteiger partial charge in [0.1, 0.15) is 0 Å². The highest BCUT2D eigenvalue weighted by Gasteiger charge is 2.16. The van der Waals surface area contributed by atoms with Gasteiger partial charge in [0, 0.05) is 5.56 Å². The maximum absolute atomic E-state index is 5.93. The van der Waals surface area contributed by atoms with Crippen molar-refractivity contribution in [2.75, 3.05) is 14.2 Å². The van der Waals surface area contributed by atoms with Gasteiger partial charge in [-0.05, 0) is 31.5 Å². The lowest BCUT2D eigenvalue weighted by molar-refractivity contribution is 0.339. The average Bonchev–Trinajstić information content (AvgIpc) is 2.47. The van der Waals surface area contributed by atoms with Gasteiger partial charge in [0.15, 0.2) is 16.7 Å². The maximum Gasteiger partial charge on any atom is 0.242 e. The van der Waals surface area contributed by atoms with Gasteiger partial charge in [-0.2, -0.15) is 0 Å². The Balaban J connectivity index is 2.47. The topological polar surface area (TPSA) is 53.5 Å². The summed E-state index contributed by atoms with van der Waals surface area (Å²) in [7, 11) is 3.13. The molecule has 0 saturated heterocycles. The van der Waals surface area contributed by atoms with Crippen LogP contribution < -0.4 is 14.2 Å². The smallest absolute Gasteiger partial charge is 0.242 e. The van der Waals surface area contributed by atoms with Crippen molar-refractivity contribution < 1.29 is 14.2 Å². The Labute approximate surface area is 122 Å². The summed E-state index contributed by atoms with van der Waals surface area (Å²) < 4.78 is 16.4. The Morgan fingerprint density at radius 1 is 0.950 bits per heavy atom. The van der Waals surface area contributed by atoms with Crippen LogP contribution in [-0.4, -0.2) is 24.4 Å². The number of methoxy groups -OCH3 is 2. The number of halogens is 1. The first kappa shape index (κ1) is 14.4. The monoisotopic (exact) mass is 294 g/mol. The standard InChI is InChI=1S/C14H15ClN2O3/c1-8-9(2)14(17-16-13(8)15)20-12-10(18-3)6-5-7-11(12)19-4/h5-7H,1-4H3. The molecule has 0 aliphatic rings. The Morgan fingerprint density at radius 3 is 2.10 bits per heavy atom. The summed E-state index contributed by atoms with van der Waals surface area (Å²) in [5.74, 6) is 1.93. The molecule has 0 spiro atoms. The molecule has 0 aliphatic heterocycles. The fraction of sp³-hybridized carbons (Fsp3) is 0.286. The Hall–Kier alpha value is -2.01. The van der Waals surface area contributed by atoms with E-state index in [4.69, 9.17) is 25.8 Å². The van der Waals surface area contributed by atoms with E-state index in [1.165, 1.54) is 0 Å².